The van der Waals surface area contributed by atoms with Crippen LogP contribution in [0.25, 0.3) is 10.8 Å². The third-order valence-corrected chi connectivity index (χ3v) is 4.38. The highest BCUT2D eigenvalue weighted by Crippen LogP contribution is 2.35. The highest BCUT2D eigenvalue weighted by molar-refractivity contribution is 5.95. The quantitative estimate of drug-likeness (QED) is 0.839. The largest absolute Gasteiger partial charge is 0.496 e. The van der Waals surface area contributed by atoms with Crippen molar-refractivity contribution in [1.82, 2.24) is 4.90 Å². The van der Waals surface area contributed by atoms with E-state index in [1.165, 1.54) is 36.9 Å². The molecule has 1 aliphatic rings. The molecule has 3 nitrogen and oxygen atoms in total. The number of hydrogen-bond acceptors (Lipinski definition) is 3. The van der Waals surface area contributed by atoms with Gasteiger partial charge in [-0.3, -0.25) is 0 Å². The minimum Gasteiger partial charge on any atom is -0.496 e. The highest BCUT2D eigenvalue weighted by atomic mass is 16.5. The maximum absolute atomic E-state index is 5.57. The molecule has 0 N–H and O–H groups in total. The van der Waals surface area contributed by atoms with Gasteiger partial charge in [0.1, 0.15) is 11.5 Å². The minimum atomic E-state index is 0.911. The van der Waals surface area contributed by atoms with Gasteiger partial charge in [0.05, 0.1) is 14.2 Å². The summed E-state index contributed by atoms with van der Waals surface area (Å²) in [5, 5.41) is 2.33. The number of likely N-dealkylation sites (tertiary alicyclic amines) is 1. The predicted octanol–water partition coefficient (Wildman–Crippen LogP) is 3.50. The Bertz CT molecular complexity index is 618. The first kappa shape index (κ1) is 14.2. The number of rotatable bonds is 5. The van der Waals surface area contributed by atoms with Gasteiger partial charge in [-0.2, -0.15) is 0 Å². The van der Waals surface area contributed by atoms with Crippen LogP contribution in [0.2, 0.25) is 0 Å². The fraction of sp³-hybridized carbons (Fsp3) is 0.444. The van der Waals surface area contributed by atoms with Gasteiger partial charge in [-0.15, -0.1) is 0 Å². The van der Waals surface area contributed by atoms with Crippen molar-refractivity contribution in [2.75, 3.05) is 33.9 Å². The lowest BCUT2D eigenvalue weighted by atomic mass is 10.00. The van der Waals surface area contributed by atoms with E-state index >= 15 is 0 Å². The van der Waals surface area contributed by atoms with Crippen LogP contribution < -0.4 is 9.47 Å². The Morgan fingerprint density at radius 1 is 0.952 bits per heavy atom. The number of ether oxygens (including phenoxy) is 2. The molecule has 0 aliphatic carbocycles. The summed E-state index contributed by atoms with van der Waals surface area (Å²) in [6, 6.07) is 10.4. The summed E-state index contributed by atoms with van der Waals surface area (Å²) < 4.78 is 11.1. The monoisotopic (exact) mass is 285 g/mol. The summed E-state index contributed by atoms with van der Waals surface area (Å²) in [5.74, 6) is 1.84. The van der Waals surface area contributed by atoms with Gasteiger partial charge in [-0.1, -0.05) is 18.2 Å². The molecule has 0 saturated carbocycles. The predicted molar refractivity (Wildman–Crippen MR) is 86.4 cm³/mol. The van der Waals surface area contributed by atoms with Crippen molar-refractivity contribution in [1.29, 1.82) is 0 Å². The zero-order chi connectivity index (χ0) is 14.7. The molecule has 2 aromatic rings. The second kappa shape index (κ2) is 6.35. The summed E-state index contributed by atoms with van der Waals surface area (Å²) >= 11 is 0. The van der Waals surface area contributed by atoms with Gasteiger partial charge in [-0.05, 0) is 50.0 Å². The molecule has 0 spiro atoms. The zero-order valence-corrected chi connectivity index (χ0v) is 12.9. The molecule has 0 unspecified atom stereocenters. The van der Waals surface area contributed by atoms with Gasteiger partial charge in [0, 0.05) is 17.3 Å². The first-order valence-electron chi connectivity index (χ1n) is 7.68. The second-order valence-electron chi connectivity index (χ2n) is 5.61. The molecule has 2 aromatic carbocycles. The third-order valence-electron chi connectivity index (χ3n) is 4.38. The van der Waals surface area contributed by atoms with Gasteiger partial charge in [0.15, 0.2) is 0 Å². The molecule has 1 fully saturated rings. The minimum absolute atomic E-state index is 0.911. The molecule has 0 aromatic heterocycles. The van der Waals surface area contributed by atoms with E-state index in [1.807, 2.05) is 12.1 Å². The second-order valence-corrected chi connectivity index (χ2v) is 5.61. The van der Waals surface area contributed by atoms with Crippen molar-refractivity contribution in [2.45, 2.75) is 19.3 Å². The van der Waals surface area contributed by atoms with E-state index in [-0.39, 0.29) is 0 Å². The van der Waals surface area contributed by atoms with Gasteiger partial charge in [0.2, 0.25) is 0 Å². The molecule has 1 aliphatic heterocycles. The molecule has 1 heterocycles. The molecular formula is C18H23NO2. The van der Waals surface area contributed by atoms with Crippen molar-refractivity contribution < 1.29 is 9.47 Å². The molecule has 0 bridgehead atoms. The van der Waals surface area contributed by atoms with E-state index in [4.69, 9.17) is 9.47 Å². The lowest BCUT2D eigenvalue weighted by Crippen LogP contribution is -2.22. The van der Waals surface area contributed by atoms with Crippen LogP contribution in [0.1, 0.15) is 18.4 Å². The molecule has 0 atom stereocenters. The number of hydrogen-bond donors (Lipinski definition) is 0. The molecule has 3 heteroatoms. The third kappa shape index (κ3) is 2.84. The maximum Gasteiger partial charge on any atom is 0.127 e. The summed E-state index contributed by atoms with van der Waals surface area (Å²) in [4.78, 5) is 2.55. The SMILES string of the molecule is COc1ccc(CCN2CCCC2)c2c(OC)cccc12. The number of fused-ring (bicyclic) bond motifs is 1. The van der Waals surface area contributed by atoms with Crippen molar-refractivity contribution in [2.24, 2.45) is 0 Å². The maximum atomic E-state index is 5.57. The number of methoxy groups -OCH3 is 2. The van der Waals surface area contributed by atoms with E-state index < -0.39 is 0 Å². The van der Waals surface area contributed by atoms with Crippen LogP contribution in [-0.2, 0) is 6.42 Å². The van der Waals surface area contributed by atoms with Crippen LogP contribution in [0.15, 0.2) is 30.3 Å². The number of benzene rings is 2. The van der Waals surface area contributed by atoms with Gasteiger partial charge < -0.3 is 14.4 Å². The van der Waals surface area contributed by atoms with Crippen molar-refractivity contribution >= 4 is 10.8 Å². The average Bonchev–Trinajstić information content (AvgIpc) is 3.05. The van der Waals surface area contributed by atoms with E-state index in [1.54, 1.807) is 14.2 Å². The van der Waals surface area contributed by atoms with Crippen molar-refractivity contribution in [3.63, 3.8) is 0 Å². The standard InChI is InChI=1S/C18H23NO2/c1-20-16-9-8-14(10-13-19-11-3-4-12-19)18-15(16)6-5-7-17(18)21-2/h5-9H,3-4,10-13H2,1-2H3. The molecule has 0 amide bonds. The van der Waals surface area contributed by atoms with E-state index in [9.17, 15) is 0 Å². The van der Waals surface area contributed by atoms with Crippen molar-refractivity contribution in [3.05, 3.63) is 35.9 Å². The summed E-state index contributed by atoms with van der Waals surface area (Å²) in [6.07, 6.45) is 3.74. The Hall–Kier alpha value is -1.74. The van der Waals surface area contributed by atoms with Crippen LogP contribution in [0.4, 0.5) is 0 Å². The van der Waals surface area contributed by atoms with Crippen LogP contribution in [0.5, 0.6) is 11.5 Å². The summed E-state index contributed by atoms with van der Waals surface area (Å²) in [6.45, 7) is 3.61. The molecule has 1 saturated heterocycles. The Kier molecular flexibility index (Phi) is 4.30. The molecule has 3 rings (SSSR count). The van der Waals surface area contributed by atoms with Gasteiger partial charge in [0.25, 0.3) is 0 Å². The van der Waals surface area contributed by atoms with Gasteiger partial charge in [-0.25, -0.2) is 0 Å². The Balaban J connectivity index is 1.96. The topological polar surface area (TPSA) is 21.7 Å². The lowest BCUT2D eigenvalue weighted by molar-refractivity contribution is 0.343. The first-order valence-corrected chi connectivity index (χ1v) is 7.68. The lowest BCUT2D eigenvalue weighted by Gasteiger charge is -2.17. The summed E-state index contributed by atoms with van der Waals surface area (Å²) in [5.41, 5.74) is 1.34. The van der Waals surface area contributed by atoms with E-state index in [2.05, 4.69) is 23.1 Å². The average molecular weight is 285 g/mol. The Morgan fingerprint density at radius 3 is 2.43 bits per heavy atom. The highest BCUT2D eigenvalue weighted by Gasteiger charge is 2.14. The molecule has 112 valence electrons. The first-order chi connectivity index (χ1) is 10.3. The van der Waals surface area contributed by atoms with Crippen LogP contribution in [0.3, 0.4) is 0 Å². The zero-order valence-electron chi connectivity index (χ0n) is 12.9. The fourth-order valence-electron chi connectivity index (χ4n) is 3.26. The van der Waals surface area contributed by atoms with E-state index in [0.29, 0.717) is 0 Å². The molecule has 0 radical (unpaired) electrons. The van der Waals surface area contributed by atoms with Crippen LogP contribution in [0, 0.1) is 0 Å². The smallest absolute Gasteiger partial charge is 0.127 e. The van der Waals surface area contributed by atoms with Crippen LogP contribution >= 0.6 is 0 Å². The van der Waals surface area contributed by atoms with Crippen LogP contribution in [-0.4, -0.2) is 38.8 Å². The Morgan fingerprint density at radius 2 is 1.71 bits per heavy atom. The Labute approximate surface area is 126 Å². The fourth-order valence-corrected chi connectivity index (χ4v) is 3.26. The molecule has 21 heavy (non-hydrogen) atoms. The number of nitrogens with zero attached hydrogens (tertiary/aromatic N) is 1. The summed E-state index contributed by atoms with van der Waals surface area (Å²) in [7, 11) is 3.46. The van der Waals surface area contributed by atoms with E-state index in [0.717, 1.165) is 29.9 Å². The van der Waals surface area contributed by atoms with Crippen molar-refractivity contribution in [3.8, 4) is 11.5 Å². The van der Waals surface area contributed by atoms with Gasteiger partial charge >= 0.3 is 0 Å². The molecular weight excluding hydrogens is 262 g/mol. The normalized spacial score (nSPS) is 15.5.